The Morgan fingerprint density at radius 1 is 0.262 bits per heavy atom. The minimum absolute atomic E-state index is 0.253. The average molecular weight is 1450 g/mol. The molecule has 42 heavy (non-hydrogen) atoms. The van der Waals surface area contributed by atoms with Gasteiger partial charge in [-0.2, -0.15) is 0 Å². The summed E-state index contributed by atoms with van der Waals surface area (Å²) in [7, 11) is 0. The predicted octanol–water partition coefficient (Wildman–Crippen LogP) is 12.0. The number of halogens is 8. The van der Waals surface area contributed by atoms with Crippen LogP contribution in [0.4, 0.5) is 0 Å². The van der Waals surface area contributed by atoms with Crippen LogP contribution in [0.5, 0.6) is 23.0 Å². The Morgan fingerprint density at radius 2 is 0.405 bits per heavy atom. The Labute approximate surface area is 351 Å². The van der Waals surface area contributed by atoms with Crippen molar-refractivity contribution < 1.29 is 20.4 Å². The summed E-state index contributed by atoms with van der Waals surface area (Å²) in [6.07, 6.45) is 0. The molecule has 5 aromatic carbocycles. The van der Waals surface area contributed by atoms with Crippen LogP contribution < -0.4 is 0 Å². The average Bonchev–Trinajstić information content (AvgIpc) is 2.94. The molecular formula is C30H14I8O4. The molecule has 0 atom stereocenters. The summed E-state index contributed by atoms with van der Waals surface area (Å²) in [5.41, 5.74) is 7.62. The van der Waals surface area contributed by atoms with Gasteiger partial charge in [0.15, 0.2) is 0 Å². The molecule has 0 bridgehead atoms. The van der Waals surface area contributed by atoms with Gasteiger partial charge in [-0.1, -0.05) is 0 Å². The van der Waals surface area contributed by atoms with E-state index in [1.54, 1.807) is 0 Å². The molecule has 5 rings (SSSR count). The molecule has 0 aliphatic carbocycles. The first kappa shape index (κ1) is 34.5. The highest BCUT2D eigenvalue weighted by molar-refractivity contribution is 14.1. The third-order valence-corrected chi connectivity index (χ3v) is 13.0. The van der Waals surface area contributed by atoms with E-state index in [-0.39, 0.29) is 23.0 Å². The van der Waals surface area contributed by atoms with Gasteiger partial charge in [-0.25, -0.2) is 0 Å². The third-order valence-electron chi connectivity index (χ3n) is 6.47. The topological polar surface area (TPSA) is 80.9 Å². The van der Waals surface area contributed by atoms with Crippen molar-refractivity contribution in [1.29, 1.82) is 0 Å². The normalized spacial score (nSPS) is 11.2. The van der Waals surface area contributed by atoms with E-state index in [0.717, 1.165) is 73.1 Å². The Hall–Kier alpha value is 1.14. The second-order valence-electron chi connectivity index (χ2n) is 9.10. The van der Waals surface area contributed by atoms with Gasteiger partial charge in [-0.15, -0.1) is 0 Å². The number of hydrogen-bond acceptors (Lipinski definition) is 4. The minimum Gasteiger partial charge on any atom is -0.506 e. The van der Waals surface area contributed by atoms with E-state index >= 15 is 0 Å². The predicted molar refractivity (Wildman–Crippen MR) is 237 cm³/mol. The lowest BCUT2D eigenvalue weighted by molar-refractivity contribution is 0.467. The fourth-order valence-electron chi connectivity index (χ4n) is 4.44. The quantitative estimate of drug-likeness (QED) is 0.135. The van der Waals surface area contributed by atoms with E-state index in [4.69, 9.17) is 0 Å². The van der Waals surface area contributed by atoms with Crippen LogP contribution in [-0.4, -0.2) is 20.4 Å². The highest BCUT2D eigenvalue weighted by Gasteiger charge is 2.21. The molecule has 0 amide bonds. The summed E-state index contributed by atoms with van der Waals surface area (Å²) in [4.78, 5) is 0. The zero-order valence-electron chi connectivity index (χ0n) is 20.6. The summed E-state index contributed by atoms with van der Waals surface area (Å²) in [5.74, 6) is 1.01. The summed E-state index contributed by atoms with van der Waals surface area (Å²) in [6, 6.07) is 20.2. The second-order valence-corrected chi connectivity index (χ2v) is 18.4. The molecule has 4 nitrogen and oxygen atoms in total. The first-order valence-electron chi connectivity index (χ1n) is 11.7. The molecule has 0 spiro atoms. The van der Waals surface area contributed by atoms with Gasteiger partial charge in [-0.3, -0.25) is 0 Å². The highest BCUT2D eigenvalue weighted by Crippen LogP contribution is 2.47. The lowest BCUT2D eigenvalue weighted by atomic mass is 9.85. The van der Waals surface area contributed by atoms with Gasteiger partial charge >= 0.3 is 0 Å². The smallest absolute Gasteiger partial charge is 0.142 e. The van der Waals surface area contributed by atoms with Crippen LogP contribution in [-0.2, 0) is 0 Å². The van der Waals surface area contributed by atoms with E-state index in [1.807, 2.05) is 48.5 Å². The van der Waals surface area contributed by atoms with Gasteiger partial charge < -0.3 is 20.4 Å². The molecule has 5 aromatic rings. The van der Waals surface area contributed by atoms with E-state index in [9.17, 15) is 20.4 Å². The fraction of sp³-hybridized carbons (Fsp3) is 0. The lowest BCUT2D eigenvalue weighted by Crippen LogP contribution is -1.96. The highest BCUT2D eigenvalue weighted by atomic mass is 127. The number of hydrogen-bond donors (Lipinski definition) is 4. The van der Waals surface area contributed by atoms with E-state index < -0.39 is 0 Å². The number of phenols is 4. The Morgan fingerprint density at radius 3 is 0.548 bits per heavy atom. The van der Waals surface area contributed by atoms with E-state index in [2.05, 4.69) is 193 Å². The number of rotatable bonds is 4. The molecule has 214 valence electrons. The second kappa shape index (κ2) is 14.1. The molecule has 0 heterocycles. The maximum absolute atomic E-state index is 10.6. The van der Waals surface area contributed by atoms with Crippen LogP contribution in [0.15, 0.2) is 60.7 Å². The Kier molecular flexibility index (Phi) is 11.6. The van der Waals surface area contributed by atoms with Crippen molar-refractivity contribution >= 4 is 181 Å². The molecule has 0 saturated carbocycles. The molecule has 0 saturated heterocycles. The summed E-state index contributed by atoms with van der Waals surface area (Å²) in [6.45, 7) is 0. The molecule has 12 heteroatoms. The first-order chi connectivity index (χ1) is 19.8. The van der Waals surface area contributed by atoms with E-state index in [1.165, 1.54) is 0 Å². The minimum atomic E-state index is 0.253. The monoisotopic (exact) mass is 1450 g/mol. The molecule has 0 fully saturated rings. The van der Waals surface area contributed by atoms with Crippen molar-refractivity contribution in [2.45, 2.75) is 0 Å². The van der Waals surface area contributed by atoms with Crippen LogP contribution in [0.3, 0.4) is 0 Å². The van der Waals surface area contributed by atoms with Crippen molar-refractivity contribution in [3.8, 4) is 67.5 Å². The third kappa shape index (κ3) is 7.02. The summed E-state index contributed by atoms with van der Waals surface area (Å²) >= 11 is 17.3. The molecule has 0 aliphatic rings. The lowest BCUT2D eigenvalue weighted by Gasteiger charge is -2.20. The van der Waals surface area contributed by atoms with Crippen LogP contribution in [0.1, 0.15) is 0 Å². The Bertz CT molecular complexity index is 1560. The van der Waals surface area contributed by atoms with Gasteiger partial charge in [0.2, 0.25) is 0 Å². The van der Waals surface area contributed by atoms with Gasteiger partial charge in [0.25, 0.3) is 0 Å². The van der Waals surface area contributed by atoms with Gasteiger partial charge in [0.1, 0.15) is 23.0 Å². The van der Waals surface area contributed by atoms with Crippen molar-refractivity contribution in [3.05, 3.63) is 89.2 Å². The largest absolute Gasteiger partial charge is 0.506 e. The standard InChI is InChI=1S/C30H14I8O4/c31-19-1-11(2-20(32)27(19)39)15-9-17(13-5-23(35)29(41)24(36)6-13)18(14-7-25(37)30(42)26(38)8-14)10-16(15)12-3-21(33)28(40)22(34)4-12/h1-10,39-42H. The summed E-state index contributed by atoms with van der Waals surface area (Å²) < 4.78 is 5.98. The van der Waals surface area contributed by atoms with Crippen LogP contribution in [0.25, 0.3) is 44.5 Å². The first-order valence-corrected chi connectivity index (χ1v) is 20.3. The zero-order valence-corrected chi connectivity index (χ0v) is 37.8. The molecule has 0 unspecified atom stereocenters. The van der Waals surface area contributed by atoms with Gasteiger partial charge in [-0.05, 0) is 286 Å². The SMILES string of the molecule is Oc1c(I)cc(-c2cc(-c3cc(I)c(O)c(I)c3)c(-c3cc(I)c(O)c(I)c3)cc2-c2cc(I)c(O)c(I)c2)cc1I. The van der Waals surface area contributed by atoms with Gasteiger partial charge in [0.05, 0.1) is 28.6 Å². The summed E-state index contributed by atoms with van der Waals surface area (Å²) in [5, 5.41) is 42.2. The maximum atomic E-state index is 10.6. The van der Waals surface area contributed by atoms with Crippen LogP contribution in [0, 0.1) is 28.6 Å². The van der Waals surface area contributed by atoms with Crippen LogP contribution >= 0.6 is 181 Å². The van der Waals surface area contributed by atoms with E-state index in [0.29, 0.717) is 0 Å². The molecule has 0 aliphatic heterocycles. The van der Waals surface area contributed by atoms with Crippen molar-refractivity contribution in [2.75, 3.05) is 0 Å². The molecule has 0 radical (unpaired) electrons. The number of benzene rings is 5. The molecular weight excluding hydrogens is 1440 g/mol. The molecule has 4 N–H and O–H groups in total. The zero-order chi connectivity index (χ0) is 30.6. The fourth-order valence-corrected chi connectivity index (χ4v) is 11.5. The van der Waals surface area contributed by atoms with Gasteiger partial charge in [0, 0.05) is 0 Å². The van der Waals surface area contributed by atoms with Crippen LogP contribution in [0.2, 0.25) is 0 Å². The van der Waals surface area contributed by atoms with Crippen molar-refractivity contribution in [3.63, 3.8) is 0 Å². The number of aromatic hydroxyl groups is 4. The Balaban J connectivity index is 1.96. The number of phenolic OH excluding ortho intramolecular Hbond substituents is 4. The molecule has 0 aromatic heterocycles. The van der Waals surface area contributed by atoms with Crippen molar-refractivity contribution in [2.24, 2.45) is 0 Å². The van der Waals surface area contributed by atoms with Crippen molar-refractivity contribution in [1.82, 2.24) is 0 Å². The maximum Gasteiger partial charge on any atom is 0.142 e.